The van der Waals surface area contributed by atoms with Crippen molar-refractivity contribution in [2.45, 2.75) is 12.6 Å². The molecular formula is C14H15F3N2O. The average molecular weight is 284 g/mol. The molecule has 6 heteroatoms. The summed E-state index contributed by atoms with van der Waals surface area (Å²) < 4.78 is 37.7. The SMILES string of the molecule is O=C(NCC1=CCNCC1)c1cccc(C(F)(F)F)c1. The summed E-state index contributed by atoms with van der Waals surface area (Å²) in [6.07, 6.45) is -1.62. The van der Waals surface area contributed by atoms with E-state index < -0.39 is 17.6 Å². The monoisotopic (exact) mass is 284 g/mol. The van der Waals surface area contributed by atoms with Crippen LogP contribution in [0.15, 0.2) is 35.9 Å². The summed E-state index contributed by atoms with van der Waals surface area (Å²) in [7, 11) is 0. The summed E-state index contributed by atoms with van der Waals surface area (Å²) in [4.78, 5) is 11.8. The zero-order valence-corrected chi connectivity index (χ0v) is 10.8. The Balaban J connectivity index is 2.00. The smallest absolute Gasteiger partial charge is 0.348 e. The molecule has 0 atom stereocenters. The van der Waals surface area contributed by atoms with E-state index in [9.17, 15) is 18.0 Å². The quantitative estimate of drug-likeness (QED) is 0.837. The van der Waals surface area contributed by atoms with Gasteiger partial charge in [-0.2, -0.15) is 13.2 Å². The fourth-order valence-electron chi connectivity index (χ4n) is 1.96. The van der Waals surface area contributed by atoms with Crippen molar-refractivity contribution in [3.05, 3.63) is 47.0 Å². The first-order valence-corrected chi connectivity index (χ1v) is 6.31. The van der Waals surface area contributed by atoms with Crippen LogP contribution in [0.25, 0.3) is 0 Å². The van der Waals surface area contributed by atoms with E-state index in [4.69, 9.17) is 0 Å². The number of carbonyl (C=O) groups is 1. The zero-order chi connectivity index (χ0) is 14.6. The lowest BCUT2D eigenvalue weighted by atomic mass is 10.1. The third-order valence-electron chi connectivity index (χ3n) is 3.09. The summed E-state index contributed by atoms with van der Waals surface area (Å²) in [6, 6.07) is 4.43. The van der Waals surface area contributed by atoms with Gasteiger partial charge in [-0.15, -0.1) is 0 Å². The summed E-state index contributed by atoms with van der Waals surface area (Å²) in [5, 5.41) is 5.79. The van der Waals surface area contributed by atoms with Crippen molar-refractivity contribution in [2.75, 3.05) is 19.6 Å². The van der Waals surface area contributed by atoms with Gasteiger partial charge in [0.25, 0.3) is 5.91 Å². The summed E-state index contributed by atoms with van der Waals surface area (Å²) in [6.45, 7) is 1.98. The van der Waals surface area contributed by atoms with Gasteiger partial charge in [0.15, 0.2) is 0 Å². The molecule has 108 valence electrons. The standard InChI is InChI=1S/C14H15F3N2O/c15-14(16,17)12-3-1-2-11(8-12)13(20)19-9-10-4-6-18-7-5-10/h1-4,8,18H,5-7,9H2,(H,19,20). The van der Waals surface area contributed by atoms with Crippen molar-refractivity contribution < 1.29 is 18.0 Å². The van der Waals surface area contributed by atoms with Gasteiger partial charge in [-0.3, -0.25) is 4.79 Å². The van der Waals surface area contributed by atoms with Gasteiger partial charge in [-0.1, -0.05) is 17.7 Å². The molecule has 0 radical (unpaired) electrons. The zero-order valence-electron chi connectivity index (χ0n) is 10.8. The van der Waals surface area contributed by atoms with Crippen LogP contribution in [0.1, 0.15) is 22.3 Å². The maximum absolute atomic E-state index is 12.6. The highest BCUT2D eigenvalue weighted by molar-refractivity contribution is 5.94. The number of amides is 1. The Bertz CT molecular complexity index is 523. The molecular weight excluding hydrogens is 269 g/mol. The molecule has 0 aromatic heterocycles. The van der Waals surface area contributed by atoms with Crippen LogP contribution in [-0.4, -0.2) is 25.5 Å². The molecule has 3 nitrogen and oxygen atoms in total. The molecule has 2 rings (SSSR count). The second kappa shape index (κ2) is 6.09. The second-order valence-corrected chi connectivity index (χ2v) is 4.58. The summed E-state index contributed by atoms with van der Waals surface area (Å²) in [5.74, 6) is -0.490. The third-order valence-corrected chi connectivity index (χ3v) is 3.09. The molecule has 1 aromatic carbocycles. The fourth-order valence-corrected chi connectivity index (χ4v) is 1.96. The van der Waals surface area contributed by atoms with Crippen molar-refractivity contribution >= 4 is 5.91 Å². The molecule has 0 saturated heterocycles. The first-order valence-electron chi connectivity index (χ1n) is 6.31. The highest BCUT2D eigenvalue weighted by atomic mass is 19.4. The molecule has 0 bridgehead atoms. The molecule has 1 amide bonds. The Morgan fingerprint density at radius 1 is 1.35 bits per heavy atom. The molecule has 0 fully saturated rings. The number of halogens is 3. The second-order valence-electron chi connectivity index (χ2n) is 4.58. The fraction of sp³-hybridized carbons (Fsp3) is 0.357. The Kier molecular flexibility index (Phi) is 4.44. The van der Waals surface area contributed by atoms with Gasteiger partial charge in [0.2, 0.25) is 0 Å². The van der Waals surface area contributed by atoms with Crippen LogP contribution in [0, 0.1) is 0 Å². The van der Waals surface area contributed by atoms with Gasteiger partial charge in [0.1, 0.15) is 0 Å². The van der Waals surface area contributed by atoms with Crippen LogP contribution in [0.3, 0.4) is 0 Å². The molecule has 20 heavy (non-hydrogen) atoms. The number of hydrogen-bond donors (Lipinski definition) is 2. The van der Waals surface area contributed by atoms with Crippen molar-refractivity contribution in [1.82, 2.24) is 10.6 Å². The van der Waals surface area contributed by atoms with Gasteiger partial charge in [-0.25, -0.2) is 0 Å². The van der Waals surface area contributed by atoms with Gasteiger partial charge in [-0.05, 0) is 31.2 Å². The van der Waals surface area contributed by atoms with E-state index in [0.717, 1.165) is 37.2 Å². The molecule has 2 N–H and O–H groups in total. The lowest BCUT2D eigenvalue weighted by Gasteiger charge is -2.15. The predicted molar refractivity (Wildman–Crippen MR) is 69.3 cm³/mol. The first-order chi connectivity index (χ1) is 9.47. The highest BCUT2D eigenvalue weighted by Gasteiger charge is 2.30. The van der Waals surface area contributed by atoms with Crippen molar-refractivity contribution in [3.8, 4) is 0 Å². The molecule has 1 aliphatic heterocycles. The Morgan fingerprint density at radius 3 is 2.80 bits per heavy atom. The highest BCUT2D eigenvalue weighted by Crippen LogP contribution is 2.29. The minimum atomic E-state index is -4.44. The van der Waals surface area contributed by atoms with Crippen LogP contribution in [0.5, 0.6) is 0 Å². The maximum atomic E-state index is 12.6. The summed E-state index contributed by atoms with van der Waals surface area (Å²) >= 11 is 0. The van der Waals surface area contributed by atoms with Crippen LogP contribution >= 0.6 is 0 Å². The van der Waals surface area contributed by atoms with E-state index in [-0.39, 0.29) is 5.56 Å². The summed E-state index contributed by atoms with van der Waals surface area (Å²) in [5.41, 5.74) is 0.296. The maximum Gasteiger partial charge on any atom is 0.416 e. The van der Waals surface area contributed by atoms with Gasteiger partial charge in [0.05, 0.1) is 5.56 Å². The Hall–Kier alpha value is -1.82. The predicted octanol–water partition coefficient (Wildman–Crippen LogP) is 2.35. The normalized spacial score (nSPS) is 15.7. The average Bonchev–Trinajstić information content (AvgIpc) is 2.45. The van der Waals surface area contributed by atoms with Crippen LogP contribution in [-0.2, 0) is 6.18 Å². The Morgan fingerprint density at radius 2 is 2.15 bits per heavy atom. The van der Waals surface area contributed by atoms with Crippen molar-refractivity contribution in [1.29, 1.82) is 0 Å². The first kappa shape index (κ1) is 14.6. The van der Waals surface area contributed by atoms with Gasteiger partial charge in [0, 0.05) is 18.7 Å². The molecule has 1 heterocycles. The van der Waals surface area contributed by atoms with Crippen LogP contribution in [0.4, 0.5) is 13.2 Å². The van der Waals surface area contributed by atoms with Crippen LogP contribution in [0.2, 0.25) is 0 Å². The molecule has 0 unspecified atom stereocenters. The molecule has 0 saturated carbocycles. The molecule has 1 aliphatic rings. The van der Waals surface area contributed by atoms with Gasteiger partial charge < -0.3 is 10.6 Å². The largest absolute Gasteiger partial charge is 0.416 e. The lowest BCUT2D eigenvalue weighted by molar-refractivity contribution is -0.137. The lowest BCUT2D eigenvalue weighted by Crippen LogP contribution is -2.29. The van der Waals surface area contributed by atoms with E-state index in [1.807, 2.05) is 6.08 Å². The van der Waals surface area contributed by atoms with Crippen molar-refractivity contribution in [3.63, 3.8) is 0 Å². The topological polar surface area (TPSA) is 41.1 Å². The van der Waals surface area contributed by atoms with E-state index in [1.165, 1.54) is 12.1 Å². The van der Waals surface area contributed by atoms with E-state index in [1.54, 1.807) is 0 Å². The minimum Gasteiger partial charge on any atom is -0.348 e. The van der Waals surface area contributed by atoms with E-state index in [2.05, 4.69) is 10.6 Å². The third kappa shape index (κ3) is 3.84. The number of nitrogens with one attached hydrogen (secondary N) is 2. The number of carbonyl (C=O) groups excluding carboxylic acids is 1. The number of benzene rings is 1. The minimum absolute atomic E-state index is 0.0226. The number of hydrogen-bond acceptors (Lipinski definition) is 2. The molecule has 0 aliphatic carbocycles. The Labute approximate surface area is 114 Å². The number of rotatable bonds is 3. The number of alkyl halides is 3. The molecule has 0 spiro atoms. The van der Waals surface area contributed by atoms with E-state index >= 15 is 0 Å². The van der Waals surface area contributed by atoms with Crippen LogP contribution < -0.4 is 10.6 Å². The van der Waals surface area contributed by atoms with Crippen molar-refractivity contribution in [2.24, 2.45) is 0 Å². The molecule has 1 aromatic rings. The van der Waals surface area contributed by atoms with E-state index in [0.29, 0.717) is 6.54 Å². The van der Waals surface area contributed by atoms with Gasteiger partial charge >= 0.3 is 6.18 Å².